The summed E-state index contributed by atoms with van der Waals surface area (Å²) in [5, 5.41) is 1.35. The highest BCUT2D eigenvalue weighted by Gasteiger charge is 2.72. The van der Waals surface area contributed by atoms with Crippen LogP contribution in [0.1, 0.15) is 179 Å². The summed E-state index contributed by atoms with van der Waals surface area (Å²) in [5.74, 6) is 2.40. The van der Waals surface area contributed by atoms with E-state index in [1.165, 1.54) is 126 Å². The van der Waals surface area contributed by atoms with Crippen LogP contribution in [-0.2, 0) is 19.1 Å². The van der Waals surface area contributed by atoms with Crippen LogP contribution in [0.2, 0.25) is 0 Å². The molecule has 70 heavy (non-hydrogen) atoms. The summed E-state index contributed by atoms with van der Waals surface area (Å²) in [7, 11) is 0. The van der Waals surface area contributed by atoms with E-state index >= 15 is 9.59 Å². The number of carbonyl (C=O) groups is 2. The molecule has 4 unspecified atom stereocenters. The number of carbonyl (C=O) groups excluding carboxylic acids is 2. The van der Waals surface area contributed by atoms with Crippen molar-refractivity contribution in [3.8, 4) is 0 Å². The third kappa shape index (κ3) is 7.78. The van der Waals surface area contributed by atoms with Gasteiger partial charge in [0.15, 0.2) is 0 Å². The van der Waals surface area contributed by atoms with Gasteiger partial charge in [-0.3, -0.25) is 0 Å². The number of fused-ring (bicyclic) bond motifs is 10. The Hall–Kier alpha value is -2.40. The number of likely N-dealkylation sites (tertiary alicyclic amines) is 2. The van der Waals surface area contributed by atoms with E-state index in [2.05, 4.69) is 85.3 Å². The zero-order valence-corrected chi connectivity index (χ0v) is 44.8. The number of ether oxygens (including phenoxy) is 2. The molecule has 12 rings (SSSR count). The normalized spacial score (nSPS) is 43.5. The van der Waals surface area contributed by atoms with E-state index in [1.54, 1.807) is 23.7 Å². The fourth-order valence-electron chi connectivity index (χ4n) is 19.0. The molecule has 0 aromatic carbocycles. The van der Waals surface area contributed by atoms with Crippen LogP contribution in [0.3, 0.4) is 0 Å². The number of thioether (sulfide) groups is 2. The van der Waals surface area contributed by atoms with Crippen LogP contribution < -0.4 is 0 Å². The molecule has 2 aliphatic heterocycles. The Labute approximate surface area is 428 Å². The Morgan fingerprint density at radius 3 is 1.40 bits per heavy atom. The van der Waals surface area contributed by atoms with Crippen molar-refractivity contribution in [3.63, 3.8) is 0 Å². The summed E-state index contributed by atoms with van der Waals surface area (Å²) in [4.78, 5) is 35.9. The summed E-state index contributed by atoms with van der Waals surface area (Å²) < 4.78 is 26.0. The fraction of sp³-hybridized carbons (Fsp3) is 0.767. The molecule has 8 aliphatic carbocycles. The van der Waals surface area contributed by atoms with Crippen molar-refractivity contribution in [2.75, 3.05) is 50.8 Å². The van der Waals surface area contributed by atoms with Crippen LogP contribution in [0.5, 0.6) is 0 Å². The van der Waals surface area contributed by atoms with E-state index in [0.717, 1.165) is 64.2 Å². The predicted molar refractivity (Wildman–Crippen MR) is 281 cm³/mol. The van der Waals surface area contributed by atoms with Crippen LogP contribution in [0.25, 0.3) is 0 Å². The largest absolute Gasteiger partial charge is 0.472 e. The topological polar surface area (TPSA) is 85.4 Å². The molecule has 2 saturated heterocycles. The molecule has 14 atom stereocenters. The number of furan rings is 2. The summed E-state index contributed by atoms with van der Waals surface area (Å²) in [6.07, 6.45) is 34.5. The second-order valence-electron chi connectivity index (χ2n) is 25.5. The van der Waals surface area contributed by atoms with Gasteiger partial charge in [0.2, 0.25) is 0 Å². The molecule has 0 spiro atoms. The van der Waals surface area contributed by atoms with Gasteiger partial charge in [-0.25, -0.2) is 9.59 Å². The van der Waals surface area contributed by atoms with E-state index in [9.17, 15) is 0 Å². The molecule has 8 nitrogen and oxygen atoms in total. The first-order valence-electron chi connectivity index (χ1n) is 28.5. The Kier molecular flexibility index (Phi) is 13.0. The van der Waals surface area contributed by atoms with Crippen LogP contribution in [-0.4, -0.2) is 94.2 Å². The van der Waals surface area contributed by atoms with Crippen LogP contribution >= 0.6 is 23.5 Å². The highest BCUT2D eigenvalue weighted by Crippen LogP contribution is 2.73. The molecule has 382 valence electrons. The first-order valence-corrected chi connectivity index (χ1v) is 30.6. The lowest BCUT2D eigenvalue weighted by atomic mass is 9.45. The van der Waals surface area contributed by atoms with Crippen LogP contribution in [0, 0.1) is 45.3 Å². The number of allylic oxidation sites excluding steroid dienone is 4. The Morgan fingerprint density at radius 1 is 0.571 bits per heavy atom. The zero-order valence-electron chi connectivity index (χ0n) is 43.2. The van der Waals surface area contributed by atoms with Crippen molar-refractivity contribution in [2.24, 2.45) is 45.3 Å². The maximum absolute atomic E-state index is 15.3. The summed E-state index contributed by atoms with van der Waals surface area (Å²) in [6, 6.07) is 4.25. The van der Waals surface area contributed by atoms with Crippen molar-refractivity contribution < 1.29 is 27.9 Å². The average molecular weight is 993 g/mol. The van der Waals surface area contributed by atoms with Gasteiger partial charge in [0.05, 0.1) is 25.1 Å². The smallest absolute Gasteiger partial charge is 0.418 e. The Morgan fingerprint density at radius 2 is 1.00 bits per heavy atom. The molecule has 0 N–H and O–H groups in total. The summed E-state index contributed by atoms with van der Waals surface area (Å²) >= 11 is 4.41. The molecular weight excluding hydrogens is 909 g/mol. The monoisotopic (exact) mass is 993 g/mol. The van der Waals surface area contributed by atoms with Crippen molar-refractivity contribution in [2.45, 2.75) is 190 Å². The summed E-state index contributed by atoms with van der Waals surface area (Å²) in [5.41, 5.74) is 3.57. The first kappa shape index (κ1) is 48.5. The van der Waals surface area contributed by atoms with Gasteiger partial charge in [-0.2, -0.15) is 23.5 Å². The van der Waals surface area contributed by atoms with E-state index < -0.39 is 23.1 Å². The first-order chi connectivity index (χ1) is 33.9. The quantitative estimate of drug-likeness (QED) is 0.116. The summed E-state index contributed by atoms with van der Waals surface area (Å²) in [6.45, 7) is 17.4. The lowest BCUT2D eigenvalue weighted by Gasteiger charge is -2.62. The SMILES string of the molecule is C[C@]12CCC(SCCN3CCCC3)CC1=CC[C@@H]1[C@H]2CC[C@]2(C)C(c3ccoc3)CC[C@@]12OC(=O)C(=O)O[C@@]12CCC(c3ccoc3)[C@@]1(C)CC[C@@H]1[C@H]2CC=C2CC(SCCN3CCCC3)CC[C@@]21C. The molecule has 0 radical (unpaired) electrons. The van der Waals surface area contributed by atoms with Gasteiger partial charge in [0, 0.05) is 57.8 Å². The van der Waals surface area contributed by atoms with Crippen molar-refractivity contribution in [1.82, 2.24) is 9.80 Å². The number of hydrogen-bond donors (Lipinski definition) is 0. The molecule has 2 aromatic rings. The minimum atomic E-state index is -0.785. The van der Waals surface area contributed by atoms with E-state index in [0.29, 0.717) is 22.3 Å². The van der Waals surface area contributed by atoms with Gasteiger partial charge in [-0.15, -0.1) is 0 Å². The van der Waals surface area contributed by atoms with Gasteiger partial charge >= 0.3 is 11.9 Å². The van der Waals surface area contributed by atoms with Gasteiger partial charge < -0.3 is 28.1 Å². The molecule has 2 aromatic heterocycles. The van der Waals surface area contributed by atoms with E-state index in [-0.39, 0.29) is 45.3 Å². The Bertz CT molecular complexity index is 2130. The molecule has 0 amide bonds. The van der Waals surface area contributed by atoms with Crippen molar-refractivity contribution in [1.29, 1.82) is 0 Å². The second-order valence-corrected chi connectivity index (χ2v) is 28.3. The maximum atomic E-state index is 15.3. The molecule has 0 bridgehead atoms. The maximum Gasteiger partial charge on any atom is 0.418 e. The predicted octanol–water partition coefficient (Wildman–Crippen LogP) is 13.4. The lowest BCUT2D eigenvalue weighted by Crippen LogP contribution is -2.64. The average Bonchev–Trinajstić information content (AvgIpc) is 4.22. The molecule has 6 saturated carbocycles. The molecule has 10 heteroatoms. The molecular formula is C60H84N2O6S2. The number of esters is 2. The number of rotatable bonds is 12. The van der Waals surface area contributed by atoms with E-state index in [1.807, 2.05) is 12.5 Å². The molecule has 4 heterocycles. The van der Waals surface area contributed by atoms with Gasteiger partial charge in [-0.05, 0) is 212 Å². The zero-order chi connectivity index (χ0) is 47.9. The van der Waals surface area contributed by atoms with Crippen LogP contribution in [0.4, 0.5) is 0 Å². The second kappa shape index (κ2) is 18.8. The standard InChI is InChI=1S/C60H84N2O6S2/c1-55-21-13-45(69-35-31-61-27-5-6-28-61)37-43(55)9-11-51-49(55)15-23-57(3)47(41-19-33-65-39-41)17-25-59(51,57)67-53(63)54(64)68-60-26-18-48(42-20-34-66-40-42)58(60,4)24-16-50-52(60)12-10-44-38-46(14-22-56(44,50)2)70-36-32-62-29-7-8-30-62/h9-10,19-20,33-34,39-40,45-52H,5-8,11-18,21-32,35-38H2,1-4H3/t45?,46?,47?,48?,49-,50-,51-,52-,55+,56+,57-,58-,59-,60-/m1/s1. The lowest BCUT2D eigenvalue weighted by molar-refractivity contribution is -0.231. The van der Waals surface area contributed by atoms with Gasteiger partial charge in [-0.1, -0.05) is 51.0 Å². The van der Waals surface area contributed by atoms with Crippen LogP contribution in [0.15, 0.2) is 69.3 Å². The van der Waals surface area contributed by atoms with Crippen molar-refractivity contribution in [3.05, 3.63) is 71.6 Å². The van der Waals surface area contributed by atoms with Gasteiger partial charge in [0.1, 0.15) is 11.2 Å². The molecule has 10 aliphatic rings. The molecule has 8 fully saturated rings. The van der Waals surface area contributed by atoms with Crippen molar-refractivity contribution >= 4 is 35.5 Å². The third-order valence-electron chi connectivity index (χ3n) is 22.9. The minimum Gasteiger partial charge on any atom is -0.472 e. The fourth-order valence-corrected chi connectivity index (χ4v) is 21.6. The number of hydrogen-bond acceptors (Lipinski definition) is 10. The number of nitrogens with zero attached hydrogens (tertiary/aromatic N) is 2. The highest BCUT2D eigenvalue weighted by molar-refractivity contribution is 8.00. The minimum absolute atomic E-state index is 0.0720. The van der Waals surface area contributed by atoms with E-state index in [4.69, 9.17) is 18.3 Å². The highest BCUT2D eigenvalue weighted by atomic mass is 32.2. The Balaban J connectivity index is 0.819. The van der Waals surface area contributed by atoms with Gasteiger partial charge in [0.25, 0.3) is 0 Å². The third-order valence-corrected chi connectivity index (χ3v) is 25.5.